The molecule has 0 radical (unpaired) electrons. The van der Waals surface area contributed by atoms with Crippen LogP contribution in [-0.4, -0.2) is 50.0 Å². The molecule has 0 heterocycles. The standard InChI is InChI=1S/C25H37NO2/c1-19-8-6-10-20(14-19)9-4-5-11-23-24-16-21(15-22(24)17-25(23)27)18-28-13-7-12-26(2)3/h5-6,8,10-11,14-15,22-25,27H,4,7,9,12-13,16-18H2,1-3H3/b11-5+/t22-,23+,24-,25+/m0/s1. The van der Waals surface area contributed by atoms with Gasteiger partial charge in [-0.1, -0.05) is 48.1 Å². The summed E-state index contributed by atoms with van der Waals surface area (Å²) >= 11 is 0. The first-order valence-electron chi connectivity index (χ1n) is 10.8. The molecule has 0 aromatic heterocycles. The molecule has 1 aromatic carbocycles. The molecule has 0 spiro atoms. The molecule has 3 rings (SSSR count). The summed E-state index contributed by atoms with van der Waals surface area (Å²) in [6, 6.07) is 8.74. The van der Waals surface area contributed by atoms with E-state index in [-0.39, 0.29) is 6.10 Å². The molecule has 1 fully saturated rings. The van der Waals surface area contributed by atoms with E-state index in [1.807, 2.05) is 0 Å². The number of rotatable bonds is 10. The highest BCUT2D eigenvalue weighted by Crippen LogP contribution is 2.47. The van der Waals surface area contributed by atoms with Crippen molar-refractivity contribution in [2.24, 2.45) is 17.8 Å². The van der Waals surface area contributed by atoms with Crippen molar-refractivity contribution in [1.29, 1.82) is 0 Å². The van der Waals surface area contributed by atoms with Crippen LogP contribution in [-0.2, 0) is 11.2 Å². The summed E-state index contributed by atoms with van der Waals surface area (Å²) in [4.78, 5) is 2.19. The molecule has 4 atom stereocenters. The Hall–Kier alpha value is -1.42. The van der Waals surface area contributed by atoms with E-state index in [4.69, 9.17) is 4.74 Å². The summed E-state index contributed by atoms with van der Waals surface area (Å²) in [6.45, 7) is 4.81. The van der Waals surface area contributed by atoms with E-state index in [1.165, 1.54) is 16.7 Å². The highest BCUT2D eigenvalue weighted by atomic mass is 16.5. The number of hydrogen-bond donors (Lipinski definition) is 1. The molecule has 0 bridgehead atoms. The molecule has 1 saturated carbocycles. The molecule has 0 saturated heterocycles. The van der Waals surface area contributed by atoms with Gasteiger partial charge in [-0.15, -0.1) is 0 Å². The van der Waals surface area contributed by atoms with Crippen molar-refractivity contribution in [2.75, 3.05) is 33.9 Å². The van der Waals surface area contributed by atoms with Crippen molar-refractivity contribution < 1.29 is 9.84 Å². The number of aliphatic hydroxyl groups is 1. The van der Waals surface area contributed by atoms with Crippen LogP contribution in [0.4, 0.5) is 0 Å². The minimum Gasteiger partial charge on any atom is -0.392 e. The molecule has 1 N–H and O–H groups in total. The minimum absolute atomic E-state index is 0.191. The lowest BCUT2D eigenvalue weighted by Crippen LogP contribution is -2.17. The van der Waals surface area contributed by atoms with Gasteiger partial charge >= 0.3 is 0 Å². The average Bonchev–Trinajstić information content (AvgIpc) is 3.15. The van der Waals surface area contributed by atoms with Gasteiger partial charge in [0.1, 0.15) is 0 Å². The van der Waals surface area contributed by atoms with Gasteiger partial charge in [0.25, 0.3) is 0 Å². The van der Waals surface area contributed by atoms with Gasteiger partial charge in [-0.25, -0.2) is 0 Å². The summed E-state index contributed by atoms with van der Waals surface area (Å²) in [7, 11) is 4.20. The third kappa shape index (κ3) is 6.04. The zero-order valence-corrected chi connectivity index (χ0v) is 17.8. The summed E-state index contributed by atoms with van der Waals surface area (Å²) < 4.78 is 5.88. The fourth-order valence-electron chi connectivity index (χ4n) is 4.77. The van der Waals surface area contributed by atoms with Crippen LogP contribution in [0.2, 0.25) is 0 Å². The van der Waals surface area contributed by atoms with Crippen molar-refractivity contribution in [3.63, 3.8) is 0 Å². The summed E-state index contributed by atoms with van der Waals surface area (Å²) in [5, 5.41) is 10.5. The van der Waals surface area contributed by atoms with Crippen molar-refractivity contribution in [2.45, 2.75) is 45.1 Å². The van der Waals surface area contributed by atoms with Gasteiger partial charge in [-0.3, -0.25) is 0 Å². The minimum atomic E-state index is -0.191. The third-order valence-corrected chi connectivity index (χ3v) is 6.17. The van der Waals surface area contributed by atoms with E-state index in [1.54, 1.807) is 0 Å². The van der Waals surface area contributed by atoms with Crippen molar-refractivity contribution in [3.05, 3.63) is 59.2 Å². The fourth-order valence-corrected chi connectivity index (χ4v) is 4.77. The maximum absolute atomic E-state index is 10.5. The maximum Gasteiger partial charge on any atom is 0.0676 e. The zero-order chi connectivity index (χ0) is 19.9. The topological polar surface area (TPSA) is 32.7 Å². The fraction of sp³-hybridized carbons (Fsp3) is 0.600. The van der Waals surface area contributed by atoms with Crippen molar-refractivity contribution in [3.8, 4) is 0 Å². The zero-order valence-electron chi connectivity index (χ0n) is 17.8. The quantitative estimate of drug-likeness (QED) is 0.480. The number of benzene rings is 1. The first-order valence-corrected chi connectivity index (χ1v) is 10.8. The largest absolute Gasteiger partial charge is 0.392 e. The highest BCUT2D eigenvalue weighted by Gasteiger charge is 2.43. The Balaban J connectivity index is 1.42. The van der Waals surface area contributed by atoms with Crippen LogP contribution >= 0.6 is 0 Å². The Labute approximate surface area is 171 Å². The molecular formula is C25H37NO2. The Kier molecular flexibility index (Phi) is 7.90. The molecule has 0 amide bonds. The molecule has 1 aromatic rings. The summed E-state index contributed by atoms with van der Waals surface area (Å²) in [5.74, 6) is 1.39. The van der Waals surface area contributed by atoms with E-state index in [9.17, 15) is 5.11 Å². The molecule has 3 nitrogen and oxygen atoms in total. The van der Waals surface area contributed by atoms with Gasteiger partial charge in [0.2, 0.25) is 0 Å². The molecular weight excluding hydrogens is 346 g/mol. The van der Waals surface area contributed by atoms with Crippen LogP contribution in [0.1, 0.15) is 36.8 Å². The van der Waals surface area contributed by atoms with Gasteiger partial charge in [-0.05, 0) is 82.6 Å². The van der Waals surface area contributed by atoms with E-state index >= 15 is 0 Å². The highest BCUT2D eigenvalue weighted by molar-refractivity contribution is 5.23. The Bertz CT molecular complexity index is 679. The van der Waals surface area contributed by atoms with E-state index in [2.05, 4.69) is 68.4 Å². The van der Waals surface area contributed by atoms with Crippen LogP contribution < -0.4 is 0 Å². The number of nitrogens with zero attached hydrogens (tertiary/aromatic N) is 1. The molecule has 28 heavy (non-hydrogen) atoms. The van der Waals surface area contributed by atoms with Gasteiger partial charge in [0.05, 0.1) is 12.7 Å². The molecule has 2 aliphatic carbocycles. The molecule has 3 heteroatoms. The Morgan fingerprint density at radius 2 is 2.14 bits per heavy atom. The second kappa shape index (κ2) is 10.4. The van der Waals surface area contributed by atoms with E-state index in [0.29, 0.717) is 17.8 Å². The first-order chi connectivity index (χ1) is 13.5. The molecule has 154 valence electrons. The van der Waals surface area contributed by atoms with Gasteiger partial charge < -0.3 is 14.7 Å². The number of allylic oxidation sites excluding steroid dienone is 2. The summed E-state index contributed by atoms with van der Waals surface area (Å²) in [6.07, 6.45) is 12.0. The van der Waals surface area contributed by atoms with Crippen molar-refractivity contribution >= 4 is 0 Å². The van der Waals surface area contributed by atoms with Crippen LogP contribution in [0.3, 0.4) is 0 Å². The predicted molar refractivity (Wildman–Crippen MR) is 116 cm³/mol. The van der Waals surface area contributed by atoms with Crippen LogP contribution in [0.5, 0.6) is 0 Å². The summed E-state index contributed by atoms with van der Waals surface area (Å²) in [5.41, 5.74) is 4.15. The lowest BCUT2D eigenvalue weighted by molar-refractivity contribution is 0.133. The average molecular weight is 384 g/mol. The predicted octanol–water partition coefficient (Wildman–Crippen LogP) is 4.40. The monoisotopic (exact) mass is 383 g/mol. The third-order valence-electron chi connectivity index (χ3n) is 6.17. The second-order valence-corrected chi connectivity index (χ2v) is 8.90. The van der Waals surface area contributed by atoms with Crippen LogP contribution in [0, 0.1) is 24.7 Å². The Morgan fingerprint density at radius 3 is 2.93 bits per heavy atom. The van der Waals surface area contributed by atoms with E-state index in [0.717, 1.165) is 51.9 Å². The lowest BCUT2D eigenvalue weighted by Gasteiger charge is -2.18. The molecule has 0 aliphatic heterocycles. The smallest absolute Gasteiger partial charge is 0.0676 e. The number of ether oxygens (including phenoxy) is 1. The van der Waals surface area contributed by atoms with Gasteiger partial charge in [-0.2, -0.15) is 0 Å². The second-order valence-electron chi connectivity index (χ2n) is 8.90. The molecule has 2 aliphatic rings. The lowest BCUT2D eigenvalue weighted by atomic mass is 9.89. The van der Waals surface area contributed by atoms with Crippen LogP contribution in [0.15, 0.2) is 48.1 Å². The van der Waals surface area contributed by atoms with Gasteiger partial charge in [0.15, 0.2) is 0 Å². The Morgan fingerprint density at radius 1 is 1.29 bits per heavy atom. The van der Waals surface area contributed by atoms with Crippen LogP contribution in [0.25, 0.3) is 0 Å². The van der Waals surface area contributed by atoms with E-state index < -0.39 is 0 Å². The maximum atomic E-state index is 10.5. The SMILES string of the molecule is Cc1cccc(CC/C=C/[C@@H]2[C@H]3CC(COCCCN(C)C)=C[C@H]3C[C@H]2O)c1. The van der Waals surface area contributed by atoms with Crippen molar-refractivity contribution in [1.82, 2.24) is 4.90 Å². The first kappa shape index (κ1) is 21.3. The number of aliphatic hydroxyl groups excluding tert-OH is 1. The molecule has 0 unspecified atom stereocenters. The number of fused-ring (bicyclic) bond motifs is 1. The number of aryl methyl sites for hydroxylation is 2. The number of hydrogen-bond acceptors (Lipinski definition) is 3. The normalized spacial score (nSPS) is 27.0. The van der Waals surface area contributed by atoms with Gasteiger partial charge in [0, 0.05) is 12.5 Å².